The maximum Gasteiger partial charge on any atom is 0.337 e. The third-order valence-electron chi connectivity index (χ3n) is 4.05. The summed E-state index contributed by atoms with van der Waals surface area (Å²) in [6, 6.07) is 4.72. The van der Waals surface area contributed by atoms with E-state index in [0.29, 0.717) is 5.84 Å². The van der Waals surface area contributed by atoms with Gasteiger partial charge < -0.3 is 15.3 Å². The molecule has 0 spiro atoms. The summed E-state index contributed by atoms with van der Waals surface area (Å²) in [6.07, 6.45) is 6.70. The highest BCUT2D eigenvalue weighted by molar-refractivity contribution is 14.1. The smallest absolute Gasteiger partial charge is 0.337 e. The number of anilines is 1. The average molecular weight is 451 g/mol. The second-order valence-electron chi connectivity index (χ2n) is 5.83. The second-order valence-corrected chi connectivity index (χ2v) is 7.08. The summed E-state index contributed by atoms with van der Waals surface area (Å²) in [7, 11) is 0. The van der Waals surface area contributed by atoms with Gasteiger partial charge in [0.15, 0.2) is 0 Å². The number of benzene rings is 1. The number of hydrogen-bond donors (Lipinski definition) is 2. The van der Waals surface area contributed by atoms with Gasteiger partial charge >= 0.3 is 5.97 Å². The Labute approximate surface area is 157 Å². The van der Waals surface area contributed by atoms with Crippen molar-refractivity contribution < 1.29 is 19.5 Å². The van der Waals surface area contributed by atoms with Gasteiger partial charge in [-0.25, -0.2) is 4.79 Å². The zero-order valence-corrected chi connectivity index (χ0v) is 15.4. The van der Waals surface area contributed by atoms with Crippen LogP contribution < -0.4 is 5.32 Å². The number of aromatic carboxylic acids is 1. The molecule has 0 aromatic heterocycles. The van der Waals surface area contributed by atoms with Gasteiger partial charge in [0.05, 0.1) is 17.7 Å². The van der Waals surface area contributed by atoms with E-state index in [1.54, 1.807) is 42.3 Å². The van der Waals surface area contributed by atoms with Crippen LogP contribution in [0.25, 0.3) is 0 Å². The number of fused-ring (bicyclic) bond motifs is 1. The van der Waals surface area contributed by atoms with Crippen LogP contribution in [-0.4, -0.2) is 39.2 Å². The van der Waals surface area contributed by atoms with Crippen molar-refractivity contribution in [2.75, 3.05) is 5.32 Å². The fourth-order valence-corrected chi connectivity index (χ4v) is 3.23. The highest BCUT2D eigenvalue weighted by atomic mass is 127. The van der Waals surface area contributed by atoms with Gasteiger partial charge in [0.1, 0.15) is 11.4 Å². The minimum atomic E-state index is -1.20. The third kappa shape index (κ3) is 3.21. The Bertz CT molecular complexity index is 875. The monoisotopic (exact) mass is 451 g/mol. The molecule has 2 aliphatic rings. The largest absolute Gasteiger partial charge is 0.478 e. The van der Waals surface area contributed by atoms with E-state index in [1.807, 2.05) is 22.6 Å². The van der Waals surface area contributed by atoms with E-state index in [2.05, 4.69) is 10.3 Å². The molecule has 2 aliphatic heterocycles. The molecule has 0 aliphatic carbocycles. The van der Waals surface area contributed by atoms with Gasteiger partial charge in [-0.1, -0.05) is 6.08 Å². The van der Waals surface area contributed by atoms with E-state index < -0.39 is 23.3 Å². The number of carboxylic acids is 1. The summed E-state index contributed by atoms with van der Waals surface area (Å²) in [5.41, 5.74) is -1.02. The number of carboxylic acid groups (broad SMARTS) is 1. The molecule has 0 saturated heterocycles. The van der Waals surface area contributed by atoms with E-state index in [-0.39, 0.29) is 17.7 Å². The predicted octanol–water partition coefficient (Wildman–Crippen LogP) is 2.40. The van der Waals surface area contributed by atoms with Crippen LogP contribution in [0.15, 0.2) is 47.6 Å². The molecule has 8 heteroatoms. The van der Waals surface area contributed by atoms with Gasteiger partial charge in [0, 0.05) is 9.77 Å². The van der Waals surface area contributed by atoms with Crippen LogP contribution >= 0.6 is 22.6 Å². The fraction of sp³-hybridized carbons (Fsp3) is 0.176. The lowest BCUT2D eigenvalue weighted by Crippen LogP contribution is -2.58. The Morgan fingerprint density at radius 3 is 2.84 bits per heavy atom. The normalized spacial score (nSPS) is 21.6. The lowest BCUT2D eigenvalue weighted by atomic mass is 9.91. The van der Waals surface area contributed by atoms with Crippen LogP contribution in [0.5, 0.6) is 0 Å². The molecule has 1 aromatic carbocycles. The summed E-state index contributed by atoms with van der Waals surface area (Å²) in [6.45, 7) is 1.63. The van der Waals surface area contributed by atoms with Crippen molar-refractivity contribution in [2.24, 2.45) is 4.99 Å². The molecule has 1 atom stereocenters. The first kappa shape index (κ1) is 17.3. The van der Waals surface area contributed by atoms with Gasteiger partial charge in [-0.05, 0) is 59.9 Å². The van der Waals surface area contributed by atoms with Crippen molar-refractivity contribution in [2.45, 2.75) is 18.9 Å². The number of amides is 2. The van der Waals surface area contributed by atoms with Crippen molar-refractivity contribution in [1.82, 2.24) is 4.90 Å². The van der Waals surface area contributed by atoms with E-state index >= 15 is 0 Å². The molecule has 0 radical (unpaired) electrons. The number of carbonyl (C=O) groups is 3. The number of halogens is 1. The molecule has 2 N–H and O–H groups in total. The molecular weight excluding hydrogens is 437 g/mol. The minimum absolute atomic E-state index is 0.00559. The van der Waals surface area contributed by atoms with Crippen molar-refractivity contribution in [1.29, 1.82) is 0 Å². The van der Waals surface area contributed by atoms with Crippen LogP contribution in [0.3, 0.4) is 0 Å². The quantitative estimate of drug-likeness (QED) is 0.688. The Morgan fingerprint density at radius 2 is 2.12 bits per heavy atom. The number of carbonyl (C=O) groups excluding carboxylic acids is 2. The van der Waals surface area contributed by atoms with Gasteiger partial charge in [-0.15, -0.1) is 0 Å². The average Bonchev–Trinajstić information content (AvgIpc) is 2.56. The van der Waals surface area contributed by atoms with Gasteiger partial charge in [0.2, 0.25) is 0 Å². The number of nitrogens with zero attached hydrogens (tertiary/aromatic N) is 2. The van der Waals surface area contributed by atoms with Crippen LogP contribution in [0.2, 0.25) is 0 Å². The van der Waals surface area contributed by atoms with Gasteiger partial charge in [-0.3, -0.25) is 9.59 Å². The summed E-state index contributed by atoms with van der Waals surface area (Å²) >= 11 is 2.00. The Hall–Kier alpha value is -2.49. The molecule has 1 aromatic rings. The highest BCUT2D eigenvalue weighted by Gasteiger charge is 2.45. The number of amidine groups is 1. The van der Waals surface area contributed by atoms with E-state index in [0.717, 1.165) is 3.57 Å². The molecule has 0 saturated carbocycles. The molecule has 0 fully saturated rings. The van der Waals surface area contributed by atoms with E-state index in [4.69, 9.17) is 0 Å². The maximum absolute atomic E-state index is 12.9. The number of hydrogen-bond acceptors (Lipinski definition) is 4. The number of rotatable bonds is 3. The van der Waals surface area contributed by atoms with Crippen molar-refractivity contribution in [3.05, 3.63) is 51.8 Å². The first-order valence-electron chi connectivity index (χ1n) is 7.41. The second kappa shape index (κ2) is 6.43. The van der Waals surface area contributed by atoms with Crippen LogP contribution in [0.4, 0.5) is 5.69 Å². The summed E-state index contributed by atoms with van der Waals surface area (Å²) in [5, 5.41) is 12.0. The number of aliphatic imine (C=N–C) groups is 1. The van der Waals surface area contributed by atoms with E-state index in [9.17, 15) is 19.5 Å². The van der Waals surface area contributed by atoms with Crippen molar-refractivity contribution >= 4 is 51.9 Å². The summed E-state index contributed by atoms with van der Waals surface area (Å²) in [4.78, 5) is 41.9. The highest BCUT2D eigenvalue weighted by Crippen LogP contribution is 2.30. The lowest BCUT2D eigenvalue weighted by molar-refractivity contribution is -0.130. The molecule has 25 heavy (non-hydrogen) atoms. The molecule has 2 amide bonds. The lowest BCUT2D eigenvalue weighted by Gasteiger charge is -2.41. The van der Waals surface area contributed by atoms with Crippen LogP contribution in [0.1, 0.15) is 23.7 Å². The first-order valence-corrected chi connectivity index (χ1v) is 8.49. The Kier molecular flexibility index (Phi) is 4.46. The SMILES string of the molecule is CC1(C(=O)Nc2ccc(I)cc2C(=O)O)CC(=O)N=C2C=CC=CN21. The Balaban J connectivity index is 1.95. The fourth-order valence-electron chi connectivity index (χ4n) is 2.74. The number of allylic oxidation sites excluding steroid dienone is 2. The molecule has 2 heterocycles. The predicted molar refractivity (Wildman–Crippen MR) is 100 cm³/mol. The van der Waals surface area contributed by atoms with Crippen LogP contribution in [0, 0.1) is 3.57 Å². The summed E-state index contributed by atoms with van der Waals surface area (Å²) in [5.74, 6) is -1.62. The summed E-state index contributed by atoms with van der Waals surface area (Å²) < 4.78 is 0.741. The third-order valence-corrected chi connectivity index (χ3v) is 4.73. The first-order chi connectivity index (χ1) is 11.8. The van der Waals surface area contributed by atoms with Gasteiger partial charge in [0.25, 0.3) is 11.8 Å². The Morgan fingerprint density at radius 1 is 1.36 bits per heavy atom. The van der Waals surface area contributed by atoms with Gasteiger partial charge in [-0.2, -0.15) is 4.99 Å². The molecule has 7 nitrogen and oxygen atoms in total. The molecule has 3 rings (SSSR count). The molecule has 128 valence electrons. The standard InChI is InChI=1S/C17H14IN3O4/c1-17(9-14(22)20-13-4-2-3-7-21(13)17)16(25)19-12-6-5-10(18)8-11(12)15(23)24/h2-8H,9H2,1H3,(H,19,25)(H,23,24). The van der Waals surface area contributed by atoms with Crippen molar-refractivity contribution in [3.8, 4) is 0 Å². The maximum atomic E-state index is 12.9. The van der Waals surface area contributed by atoms with Crippen molar-refractivity contribution in [3.63, 3.8) is 0 Å². The number of nitrogens with one attached hydrogen (secondary N) is 1. The minimum Gasteiger partial charge on any atom is -0.478 e. The zero-order valence-electron chi connectivity index (χ0n) is 13.2. The zero-order chi connectivity index (χ0) is 18.2. The molecule has 1 unspecified atom stereocenters. The molecule has 0 bridgehead atoms. The molecular formula is C17H14IN3O4. The topological polar surface area (TPSA) is 99.1 Å². The van der Waals surface area contributed by atoms with Crippen LogP contribution in [-0.2, 0) is 9.59 Å². The van der Waals surface area contributed by atoms with E-state index in [1.165, 1.54) is 12.1 Å².